The third-order valence-corrected chi connectivity index (χ3v) is 3.89. The van der Waals surface area contributed by atoms with Gasteiger partial charge in [0.1, 0.15) is 0 Å². The van der Waals surface area contributed by atoms with E-state index in [9.17, 15) is 4.79 Å². The van der Waals surface area contributed by atoms with Gasteiger partial charge in [-0.3, -0.25) is 4.79 Å². The van der Waals surface area contributed by atoms with E-state index < -0.39 is 0 Å². The van der Waals surface area contributed by atoms with Crippen LogP contribution in [0.4, 0.5) is 0 Å². The van der Waals surface area contributed by atoms with Crippen molar-refractivity contribution in [2.75, 3.05) is 19.7 Å². The number of hydrogen-bond donors (Lipinski definition) is 0. The van der Waals surface area contributed by atoms with Crippen molar-refractivity contribution in [3.63, 3.8) is 0 Å². The molecular formula is C14H23NO2. The summed E-state index contributed by atoms with van der Waals surface area (Å²) in [4.78, 5) is 14.0. The van der Waals surface area contributed by atoms with E-state index in [0.29, 0.717) is 6.42 Å². The minimum absolute atomic E-state index is 0.0232. The van der Waals surface area contributed by atoms with Crippen LogP contribution in [0.25, 0.3) is 0 Å². The highest BCUT2D eigenvalue weighted by atomic mass is 16.5. The van der Waals surface area contributed by atoms with Crippen LogP contribution in [0.1, 0.15) is 46.0 Å². The van der Waals surface area contributed by atoms with Crippen molar-refractivity contribution in [3.8, 4) is 0 Å². The second-order valence-electron chi connectivity index (χ2n) is 5.51. The molecule has 3 heteroatoms. The largest absolute Gasteiger partial charge is 0.375 e. The molecule has 0 N–H and O–H groups in total. The van der Waals surface area contributed by atoms with E-state index in [2.05, 4.69) is 19.9 Å². The summed E-state index contributed by atoms with van der Waals surface area (Å²) < 4.78 is 5.89. The molecule has 0 aromatic rings. The molecule has 96 valence electrons. The van der Waals surface area contributed by atoms with Crippen molar-refractivity contribution < 1.29 is 9.53 Å². The molecule has 2 saturated heterocycles. The number of amides is 1. The number of rotatable bonds is 2. The molecule has 3 nitrogen and oxygen atoms in total. The average molecular weight is 237 g/mol. The molecular weight excluding hydrogens is 214 g/mol. The van der Waals surface area contributed by atoms with Crippen molar-refractivity contribution in [2.45, 2.75) is 51.6 Å². The Bertz CT molecular complexity index is 312. The molecule has 2 aliphatic heterocycles. The lowest BCUT2D eigenvalue weighted by Crippen LogP contribution is -2.32. The first kappa shape index (κ1) is 12.6. The molecule has 2 fully saturated rings. The summed E-state index contributed by atoms with van der Waals surface area (Å²) in [5.74, 6) is 0.287. The quantitative estimate of drug-likeness (QED) is 0.691. The number of carbonyl (C=O) groups excluding carboxylic acids is 1. The lowest BCUT2D eigenvalue weighted by molar-refractivity contribution is -0.130. The number of carbonyl (C=O) groups is 1. The van der Waals surface area contributed by atoms with Crippen LogP contribution in [0.3, 0.4) is 0 Å². The van der Waals surface area contributed by atoms with Gasteiger partial charge in [-0.1, -0.05) is 11.6 Å². The van der Waals surface area contributed by atoms with Crippen LogP contribution in [0.5, 0.6) is 0 Å². The fourth-order valence-corrected chi connectivity index (χ4v) is 2.72. The highest BCUT2D eigenvalue weighted by Gasteiger charge is 2.38. The molecule has 1 amide bonds. The van der Waals surface area contributed by atoms with E-state index in [0.717, 1.165) is 45.4 Å². The van der Waals surface area contributed by atoms with Crippen LogP contribution < -0.4 is 0 Å². The Balaban J connectivity index is 1.97. The Kier molecular flexibility index (Phi) is 3.87. The molecule has 1 spiro atoms. The highest BCUT2D eigenvalue weighted by molar-refractivity contribution is 5.76. The van der Waals surface area contributed by atoms with E-state index in [4.69, 9.17) is 4.74 Å². The fourth-order valence-electron chi connectivity index (χ4n) is 2.72. The second-order valence-corrected chi connectivity index (χ2v) is 5.51. The van der Waals surface area contributed by atoms with E-state index in [1.54, 1.807) is 0 Å². The number of nitrogens with zero attached hydrogens (tertiary/aromatic N) is 1. The second kappa shape index (κ2) is 5.21. The molecule has 0 aromatic heterocycles. The third-order valence-electron chi connectivity index (χ3n) is 3.89. The topological polar surface area (TPSA) is 29.5 Å². The first-order valence-corrected chi connectivity index (χ1v) is 6.66. The summed E-state index contributed by atoms with van der Waals surface area (Å²) in [5.41, 5.74) is 1.30. The molecule has 0 aliphatic carbocycles. The monoisotopic (exact) mass is 237 g/mol. The molecule has 2 rings (SSSR count). The van der Waals surface area contributed by atoms with Gasteiger partial charge < -0.3 is 9.64 Å². The Morgan fingerprint density at radius 1 is 1.41 bits per heavy atom. The van der Waals surface area contributed by atoms with Gasteiger partial charge in [0.25, 0.3) is 0 Å². The van der Waals surface area contributed by atoms with Gasteiger partial charge in [-0.15, -0.1) is 0 Å². The number of likely N-dealkylation sites (tertiary alicyclic amines) is 1. The lowest BCUT2D eigenvalue weighted by atomic mass is 9.92. The van der Waals surface area contributed by atoms with Crippen LogP contribution in [0.15, 0.2) is 11.6 Å². The first-order chi connectivity index (χ1) is 8.11. The fraction of sp³-hybridized carbons (Fsp3) is 0.786. The van der Waals surface area contributed by atoms with Gasteiger partial charge in [-0.25, -0.2) is 0 Å². The summed E-state index contributed by atoms with van der Waals surface area (Å²) >= 11 is 0. The maximum Gasteiger partial charge on any atom is 0.222 e. The zero-order chi connectivity index (χ0) is 12.3. The average Bonchev–Trinajstić information content (AvgIpc) is 2.68. The van der Waals surface area contributed by atoms with E-state index in [1.165, 1.54) is 5.57 Å². The predicted molar refractivity (Wildman–Crippen MR) is 67.8 cm³/mol. The highest BCUT2D eigenvalue weighted by Crippen LogP contribution is 2.35. The lowest BCUT2D eigenvalue weighted by Gasteiger charge is -2.26. The zero-order valence-corrected chi connectivity index (χ0v) is 11.0. The van der Waals surface area contributed by atoms with Crippen molar-refractivity contribution >= 4 is 5.91 Å². The van der Waals surface area contributed by atoms with E-state index >= 15 is 0 Å². The van der Waals surface area contributed by atoms with Gasteiger partial charge in [0.2, 0.25) is 5.91 Å². The summed E-state index contributed by atoms with van der Waals surface area (Å²) in [6, 6.07) is 0. The van der Waals surface area contributed by atoms with Crippen molar-refractivity contribution in [1.82, 2.24) is 4.90 Å². The van der Waals surface area contributed by atoms with Gasteiger partial charge in [0.15, 0.2) is 0 Å². The Morgan fingerprint density at radius 2 is 2.24 bits per heavy atom. The van der Waals surface area contributed by atoms with Gasteiger partial charge >= 0.3 is 0 Å². The predicted octanol–water partition coefficient (Wildman–Crippen LogP) is 2.51. The zero-order valence-electron chi connectivity index (χ0n) is 11.0. The molecule has 0 unspecified atom stereocenters. The maximum atomic E-state index is 12.0. The SMILES string of the molecule is CC(C)=CCN1CC[C@]2(CCCO2)CCC1=O. The van der Waals surface area contributed by atoms with Crippen LogP contribution in [-0.4, -0.2) is 36.1 Å². The molecule has 2 heterocycles. The molecule has 0 bridgehead atoms. The summed E-state index contributed by atoms with van der Waals surface area (Å²) in [7, 11) is 0. The Morgan fingerprint density at radius 3 is 2.88 bits per heavy atom. The Labute approximate surface area is 104 Å². The summed E-state index contributed by atoms with van der Waals surface area (Å²) in [6.07, 6.45) is 6.99. The molecule has 0 radical (unpaired) electrons. The molecule has 17 heavy (non-hydrogen) atoms. The van der Waals surface area contributed by atoms with Gasteiger partial charge in [-0.2, -0.15) is 0 Å². The van der Waals surface area contributed by atoms with Crippen LogP contribution in [0.2, 0.25) is 0 Å². The normalized spacial score (nSPS) is 29.5. The molecule has 0 saturated carbocycles. The van der Waals surface area contributed by atoms with Gasteiger partial charge in [0.05, 0.1) is 5.60 Å². The molecule has 0 aromatic carbocycles. The smallest absolute Gasteiger partial charge is 0.222 e. The van der Waals surface area contributed by atoms with Crippen molar-refractivity contribution in [1.29, 1.82) is 0 Å². The van der Waals surface area contributed by atoms with Crippen molar-refractivity contribution in [3.05, 3.63) is 11.6 Å². The maximum absolute atomic E-state index is 12.0. The van der Waals surface area contributed by atoms with Crippen LogP contribution in [-0.2, 0) is 9.53 Å². The number of allylic oxidation sites excluding steroid dienone is 1. The Hall–Kier alpha value is -0.830. The van der Waals surface area contributed by atoms with Crippen LogP contribution >= 0.6 is 0 Å². The molecule has 2 aliphatic rings. The summed E-state index contributed by atoms with van der Waals surface area (Å²) in [6.45, 7) is 6.63. The van der Waals surface area contributed by atoms with E-state index in [1.807, 2.05) is 4.90 Å². The van der Waals surface area contributed by atoms with Crippen molar-refractivity contribution in [2.24, 2.45) is 0 Å². The minimum atomic E-state index is 0.0232. The van der Waals surface area contributed by atoms with Crippen LogP contribution in [0, 0.1) is 0 Å². The standard InChI is InChI=1S/C14H23NO2/c1-12(2)5-9-15-10-8-14(6-3-11-17-14)7-4-13(15)16/h5H,3-4,6-11H2,1-2H3/t14-/m0/s1. The van der Waals surface area contributed by atoms with Gasteiger partial charge in [0, 0.05) is 26.1 Å². The number of ether oxygens (including phenoxy) is 1. The van der Waals surface area contributed by atoms with Gasteiger partial charge in [-0.05, 0) is 39.5 Å². The summed E-state index contributed by atoms with van der Waals surface area (Å²) in [5, 5.41) is 0. The minimum Gasteiger partial charge on any atom is -0.375 e. The molecule has 1 atom stereocenters. The third kappa shape index (κ3) is 3.09. The van der Waals surface area contributed by atoms with E-state index in [-0.39, 0.29) is 11.5 Å². The first-order valence-electron chi connectivity index (χ1n) is 6.66. The number of hydrogen-bond acceptors (Lipinski definition) is 2.